The number of benzene rings is 2. The fourth-order valence-electron chi connectivity index (χ4n) is 5.27. The fraction of sp³-hybridized carbons (Fsp3) is 0.233. The molecule has 0 fully saturated rings. The van der Waals surface area contributed by atoms with Gasteiger partial charge in [-0.25, -0.2) is 0 Å². The van der Waals surface area contributed by atoms with Crippen molar-refractivity contribution in [3.63, 3.8) is 0 Å². The van der Waals surface area contributed by atoms with Crippen LogP contribution in [0.5, 0.6) is 23.0 Å². The van der Waals surface area contributed by atoms with E-state index in [-0.39, 0.29) is 38.8 Å². The third kappa shape index (κ3) is 4.30. The SMILES string of the molecule is COc1cc2c(c(OC)c1OC)-c1ccc(OC)c(=O)cc1[C@@H](NC1=C(Cl)C(=O)c3ccccc3C1=O)CC2. The maximum Gasteiger partial charge on any atom is 0.220 e. The van der Waals surface area contributed by atoms with Crippen LogP contribution in [0.15, 0.2) is 64.1 Å². The standard InChI is InChI=1S/C30H26ClNO7/c1-36-22-12-10-16-19(14-21(22)33)20(11-9-15-13-23(37-2)29(38-3)30(39-4)24(15)16)32-26-25(31)27(34)17-7-5-6-8-18(17)28(26)35/h5-8,10,12-14,20,32H,9,11H2,1-4H3/t20-/m0/s1. The summed E-state index contributed by atoms with van der Waals surface area (Å²) in [5.74, 6) is 0.678. The van der Waals surface area contributed by atoms with Crippen LogP contribution >= 0.6 is 11.6 Å². The maximum atomic E-state index is 13.5. The van der Waals surface area contributed by atoms with E-state index in [1.807, 2.05) is 6.07 Å². The molecule has 0 heterocycles. The van der Waals surface area contributed by atoms with E-state index in [1.54, 1.807) is 43.5 Å². The minimum Gasteiger partial charge on any atom is -0.493 e. The van der Waals surface area contributed by atoms with Crippen molar-refractivity contribution in [1.29, 1.82) is 0 Å². The Morgan fingerprint density at radius 2 is 1.44 bits per heavy atom. The summed E-state index contributed by atoms with van der Waals surface area (Å²) < 4.78 is 22.3. The lowest BCUT2D eigenvalue weighted by Gasteiger charge is -2.25. The average molecular weight is 548 g/mol. The van der Waals surface area contributed by atoms with Crippen molar-refractivity contribution in [1.82, 2.24) is 5.32 Å². The molecule has 3 aromatic carbocycles. The molecular weight excluding hydrogens is 522 g/mol. The van der Waals surface area contributed by atoms with Crippen LogP contribution in [0.4, 0.5) is 0 Å². The molecular formula is C30H26ClNO7. The van der Waals surface area contributed by atoms with Gasteiger partial charge in [0.05, 0.1) is 34.5 Å². The van der Waals surface area contributed by atoms with Gasteiger partial charge in [-0.3, -0.25) is 14.4 Å². The van der Waals surface area contributed by atoms with E-state index in [0.717, 1.165) is 11.1 Å². The van der Waals surface area contributed by atoms with Crippen LogP contribution in [0.25, 0.3) is 11.1 Å². The highest BCUT2D eigenvalue weighted by Crippen LogP contribution is 2.50. The summed E-state index contributed by atoms with van der Waals surface area (Å²) >= 11 is 6.48. The Kier molecular flexibility index (Phi) is 7.06. The number of Topliss-reactive ketones (excluding diaryl/α,β-unsaturated/α-hetero) is 2. The molecule has 0 aliphatic heterocycles. The summed E-state index contributed by atoms with van der Waals surface area (Å²) in [5.41, 5.74) is 3.06. The number of aryl methyl sites for hydroxylation is 1. The summed E-state index contributed by atoms with van der Waals surface area (Å²) in [6.45, 7) is 0. The Labute approximate surface area is 230 Å². The molecule has 1 N–H and O–H groups in total. The first-order valence-electron chi connectivity index (χ1n) is 12.2. The number of methoxy groups -OCH3 is 4. The average Bonchev–Trinajstić information content (AvgIpc) is 3.20. The van der Waals surface area contributed by atoms with Gasteiger partial charge in [0, 0.05) is 16.7 Å². The molecule has 0 saturated heterocycles. The van der Waals surface area contributed by atoms with Crippen LogP contribution in [-0.2, 0) is 6.42 Å². The fourth-order valence-corrected chi connectivity index (χ4v) is 5.51. The van der Waals surface area contributed by atoms with Gasteiger partial charge >= 0.3 is 0 Å². The number of ketones is 2. The molecule has 2 aliphatic carbocycles. The maximum absolute atomic E-state index is 13.5. The minimum atomic E-state index is -0.565. The van der Waals surface area contributed by atoms with Gasteiger partial charge in [0.25, 0.3) is 0 Å². The minimum absolute atomic E-state index is 0.00433. The number of hydrogen-bond acceptors (Lipinski definition) is 8. The molecule has 200 valence electrons. The molecule has 0 radical (unpaired) electrons. The van der Waals surface area contributed by atoms with Gasteiger partial charge in [-0.15, -0.1) is 0 Å². The van der Waals surface area contributed by atoms with Crippen LogP contribution in [0.2, 0.25) is 0 Å². The molecule has 8 nitrogen and oxygen atoms in total. The number of fused-ring (bicyclic) bond motifs is 4. The van der Waals surface area contributed by atoms with Crippen LogP contribution in [-0.4, -0.2) is 40.0 Å². The first-order valence-corrected chi connectivity index (χ1v) is 12.6. The quantitative estimate of drug-likeness (QED) is 0.467. The molecule has 0 spiro atoms. The number of hydrogen-bond donors (Lipinski definition) is 1. The van der Waals surface area contributed by atoms with E-state index in [1.165, 1.54) is 27.4 Å². The van der Waals surface area contributed by atoms with E-state index < -0.39 is 11.8 Å². The van der Waals surface area contributed by atoms with Crippen molar-refractivity contribution >= 4 is 23.2 Å². The lowest BCUT2D eigenvalue weighted by atomic mass is 9.91. The zero-order valence-electron chi connectivity index (χ0n) is 21.8. The Bertz CT molecular complexity index is 1610. The molecule has 0 saturated carbocycles. The van der Waals surface area contributed by atoms with Crippen molar-refractivity contribution < 1.29 is 28.5 Å². The molecule has 2 aliphatic rings. The van der Waals surface area contributed by atoms with Crippen molar-refractivity contribution in [3.05, 3.63) is 91.7 Å². The first-order chi connectivity index (χ1) is 18.8. The third-order valence-corrected chi connectivity index (χ3v) is 7.46. The second kappa shape index (κ2) is 10.5. The third-order valence-electron chi connectivity index (χ3n) is 7.10. The smallest absolute Gasteiger partial charge is 0.220 e. The summed E-state index contributed by atoms with van der Waals surface area (Å²) in [4.78, 5) is 39.6. The van der Waals surface area contributed by atoms with Gasteiger partial charge in [-0.2, -0.15) is 0 Å². The molecule has 39 heavy (non-hydrogen) atoms. The summed E-state index contributed by atoms with van der Waals surface area (Å²) in [6, 6.07) is 12.7. The van der Waals surface area contributed by atoms with Crippen LogP contribution in [0.3, 0.4) is 0 Å². The molecule has 0 aromatic heterocycles. The molecule has 1 atom stereocenters. The van der Waals surface area contributed by atoms with Gasteiger partial charge in [0.2, 0.25) is 22.7 Å². The predicted octanol–water partition coefficient (Wildman–Crippen LogP) is 4.85. The lowest BCUT2D eigenvalue weighted by Crippen LogP contribution is -2.32. The molecule has 0 bridgehead atoms. The monoisotopic (exact) mass is 547 g/mol. The van der Waals surface area contributed by atoms with Crippen molar-refractivity contribution in [2.45, 2.75) is 18.9 Å². The summed E-state index contributed by atoms with van der Waals surface area (Å²) in [5, 5.41) is 3.04. The largest absolute Gasteiger partial charge is 0.493 e. The normalized spacial score (nSPS) is 16.0. The Hall–Kier alpha value is -4.30. The van der Waals surface area contributed by atoms with E-state index in [9.17, 15) is 14.4 Å². The highest BCUT2D eigenvalue weighted by Gasteiger charge is 2.35. The number of nitrogens with one attached hydrogen (secondary N) is 1. The van der Waals surface area contributed by atoms with E-state index in [0.29, 0.717) is 41.2 Å². The van der Waals surface area contributed by atoms with Crippen LogP contribution in [0.1, 0.15) is 44.3 Å². The number of halogens is 1. The molecule has 9 heteroatoms. The topological polar surface area (TPSA) is 100 Å². The summed E-state index contributed by atoms with van der Waals surface area (Å²) in [7, 11) is 6.03. The Morgan fingerprint density at radius 1 is 0.769 bits per heavy atom. The Morgan fingerprint density at radius 3 is 2.08 bits per heavy atom. The van der Waals surface area contributed by atoms with E-state index in [2.05, 4.69) is 5.32 Å². The lowest BCUT2D eigenvalue weighted by molar-refractivity contribution is 0.0972. The Balaban J connectivity index is 1.73. The van der Waals surface area contributed by atoms with Gasteiger partial charge in [0.15, 0.2) is 17.2 Å². The van der Waals surface area contributed by atoms with Gasteiger partial charge in [-0.1, -0.05) is 41.9 Å². The zero-order chi connectivity index (χ0) is 27.8. The molecule has 0 unspecified atom stereocenters. The first kappa shape index (κ1) is 26.3. The van der Waals surface area contributed by atoms with Gasteiger partial charge < -0.3 is 24.3 Å². The van der Waals surface area contributed by atoms with E-state index in [4.69, 9.17) is 30.5 Å². The highest BCUT2D eigenvalue weighted by molar-refractivity contribution is 6.49. The van der Waals surface area contributed by atoms with Crippen LogP contribution in [0, 0.1) is 0 Å². The second-order valence-electron chi connectivity index (χ2n) is 9.09. The van der Waals surface area contributed by atoms with Crippen molar-refractivity contribution in [3.8, 4) is 34.1 Å². The summed E-state index contributed by atoms with van der Waals surface area (Å²) in [6.07, 6.45) is 0.984. The molecule has 5 rings (SSSR count). The highest BCUT2D eigenvalue weighted by atomic mass is 35.5. The number of allylic oxidation sites excluding steroid dienone is 2. The molecule has 3 aromatic rings. The van der Waals surface area contributed by atoms with Crippen molar-refractivity contribution in [2.75, 3.05) is 28.4 Å². The van der Waals surface area contributed by atoms with Gasteiger partial charge in [0.1, 0.15) is 10.7 Å². The van der Waals surface area contributed by atoms with Crippen LogP contribution < -0.4 is 29.7 Å². The van der Waals surface area contributed by atoms with Crippen molar-refractivity contribution in [2.24, 2.45) is 0 Å². The number of ether oxygens (including phenoxy) is 4. The van der Waals surface area contributed by atoms with Gasteiger partial charge in [-0.05, 0) is 47.7 Å². The predicted molar refractivity (Wildman–Crippen MR) is 147 cm³/mol. The second-order valence-corrected chi connectivity index (χ2v) is 9.47. The zero-order valence-corrected chi connectivity index (χ0v) is 22.6. The number of carbonyl (C=O) groups is 2. The number of rotatable bonds is 6. The number of carbonyl (C=O) groups excluding carboxylic acids is 2. The van der Waals surface area contributed by atoms with E-state index >= 15 is 0 Å². The molecule has 0 amide bonds.